The molecule has 4 N–H and O–H groups in total. The predicted octanol–water partition coefficient (Wildman–Crippen LogP) is 3.90. The number of carbonyl (C=O) groups is 2. The summed E-state index contributed by atoms with van der Waals surface area (Å²) in [6.45, 7) is 0. The molecule has 0 unspecified atom stereocenters. The van der Waals surface area contributed by atoms with Crippen molar-refractivity contribution < 1.29 is 9.59 Å². The van der Waals surface area contributed by atoms with E-state index in [2.05, 4.69) is 10.6 Å². The molecule has 1 aromatic heterocycles. The number of hydrogen-bond donors (Lipinski definition) is 3. The zero-order valence-electron chi connectivity index (χ0n) is 14.9. The lowest BCUT2D eigenvalue weighted by molar-refractivity contribution is -0.113. The minimum atomic E-state index is -0.0726. The molecule has 146 valence electrons. The maximum atomic E-state index is 12.3. The number of carbonyl (C=O) groups excluding carboxylic acids is 2. The molecule has 1 heterocycles. The Morgan fingerprint density at radius 3 is 2.44 bits per heavy atom. The van der Waals surface area contributed by atoms with E-state index in [1.54, 1.807) is 35.6 Å². The molecule has 2 aromatic rings. The number of benzene rings is 1. The van der Waals surface area contributed by atoms with Gasteiger partial charge in [0.2, 0.25) is 5.91 Å². The van der Waals surface area contributed by atoms with Gasteiger partial charge < -0.3 is 16.4 Å². The fourth-order valence-electron chi connectivity index (χ4n) is 2.92. The molecule has 0 radical (unpaired) electrons. The predicted molar refractivity (Wildman–Crippen MR) is 115 cm³/mol. The van der Waals surface area contributed by atoms with E-state index in [1.165, 1.54) is 11.8 Å². The number of rotatable bonds is 6. The summed E-state index contributed by atoms with van der Waals surface area (Å²) in [6, 6.07) is 11.4. The van der Waals surface area contributed by atoms with Crippen molar-refractivity contribution in [1.82, 2.24) is 5.32 Å². The van der Waals surface area contributed by atoms with E-state index >= 15 is 0 Å². The lowest BCUT2D eigenvalue weighted by atomic mass is 9.91. The van der Waals surface area contributed by atoms with Gasteiger partial charge in [0.15, 0.2) is 0 Å². The Kier molecular flexibility index (Phi) is 8.63. The molecule has 2 amide bonds. The van der Waals surface area contributed by atoms with Crippen molar-refractivity contribution >= 4 is 53.0 Å². The Bertz CT molecular complexity index is 730. The first-order valence-corrected chi connectivity index (χ1v) is 10.6. The van der Waals surface area contributed by atoms with Crippen molar-refractivity contribution in [3.05, 3.63) is 47.3 Å². The summed E-state index contributed by atoms with van der Waals surface area (Å²) >= 11 is 3.14. The Labute approximate surface area is 173 Å². The van der Waals surface area contributed by atoms with Gasteiger partial charge in [-0.25, -0.2) is 0 Å². The maximum absolute atomic E-state index is 12.3. The van der Waals surface area contributed by atoms with Gasteiger partial charge in [-0.3, -0.25) is 9.59 Å². The average Bonchev–Trinajstić information content (AvgIpc) is 3.16. The van der Waals surface area contributed by atoms with E-state index < -0.39 is 0 Å². The third kappa shape index (κ3) is 6.84. The van der Waals surface area contributed by atoms with Gasteiger partial charge in [0, 0.05) is 23.3 Å². The number of anilines is 1. The molecule has 5 nitrogen and oxygen atoms in total. The van der Waals surface area contributed by atoms with Gasteiger partial charge in [-0.05, 0) is 61.4 Å². The fourth-order valence-corrected chi connectivity index (χ4v) is 4.50. The Balaban J connectivity index is 0.00000261. The van der Waals surface area contributed by atoms with Crippen molar-refractivity contribution in [1.29, 1.82) is 0 Å². The van der Waals surface area contributed by atoms with Crippen LogP contribution in [0, 0.1) is 0 Å². The van der Waals surface area contributed by atoms with Crippen LogP contribution in [0.1, 0.15) is 36.0 Å². The minimum Gasteiger partial charge on any atom is -0.349 e. The van der Waals surface area contributed by atoms with E-state index in [1.807, 2.05) is 17.5 Å². The maximum Gasteiger partial charge on any atom is 0.251 e. The van der Waals surface area contributed by atoms with E-state index in [4.69, 9.17) is 5.73 Å². The fraction of sp³-hybridized carbons (Fsp3) is 0.368. The van der Waals surface area contributed by atoms with Crippen LogP contribution < -0.4 is 16.4 Å². The third-order valence-electron chi connectivity index (χ3n) is 4.38. The number of halogens is 1. The monoisotopic (exact) mass is 425 g/mol. The van der Waals surface area contributed by atoms with Crippen LogP contribution in [-0.2, 0) is 4.79 Å². The molecule has 3 rings (SSSR count). The van der Waals surface area contributed by atoms with Crippen molar-refractivity contribution in [2.24, 2.45) is 5.73 Å². The number of thioether (sulfide) groups is 1. The third-order valence-corrected chi connectivity index (χ3v) is 6.51. The number of thiophene rings is 1. The van der Waals surface area contributed by atoms with Crippen LogP contribution in [-0.4, -0.2) is 29.7 Å². The van der Waals surface area contributed by atoms with Crippen LogP contribution in [0.2, 0.25) is 0 Å². The van der Waals surface area contributed by atoms with Gasteiger partial charge in [0.25, 0.3) is 5.91 Å². The Hall–Kier alpha value is -1.54. The number of nitrogens with one attached hydrogen (secondary N) is 2. The lowest BCUT2D eigenvalue weighted by Gasteiger charge is -2.26. The van der Waals surface area contributed by atoms with Crippen LogP contribution in [0.25, 0.3) is 0 Å². The number of amides is 2. The molecule has 0 spiro atoms. The molecular formula is C19H24ClN3O2S2. The molecule has 1 aromatic carbocycles. The second-order valence-corrected chi connectivity index (χ2v) is 8.65. The average molecular weight is 426 g/mol. The summed E-state index contributed by atoms with van der Waals surface area (Å²) in [5.74, 6) is 0.239. The highest BCUT2D eigenvalue weighted by Gasteiger charge is 2.20. The second-order valence-electron chi connectivity index (χ2n) is 6.43. The Morgan fingerprint density at radius 2 is 1.81 bits per heavy atom. The van der Waals surface area contributed by atoms with Gasteiger partial charge in [0.1, 0.15) is 0 Å². The molecule has 1 aliphatic rings. The minimum absolute atomic E-state index is 0. The Morgan fingerprint density at radius 1 is 1.11 bits per heavy atom. The highest BCUT2D eigenvalue weighted by molar-refractivity contribution is 8.01. The lowest BCUT2D eigenvalue weighted by Crippen LogP contribution is -2.40. The summed E-state index contributed by atoms with van der Waals surface area (Å²) < 4.78 is 1.12. The van der Waals surface area contributed by atoms with Gasteiger partial charge in [-0.2, -0.15) is 0 Å². The highest BCUT2D eigenvalue weighted by Crippen LogP contribution is 2.23. The molecular weight excluding hydrogens is 402 g/mol. The zero-order chi connectivity index (χ0) is 18.4. The molecule has 0 atom stereocenters. The van der Waals surface area contributed by atoms with Gasteiger partial charge in [-0.15, -0.1) is 35.5 Å². The van der Waals surface area contributed by atoms with Crippen LogP contribution in [0.5, 0.6) is 0 Å². The first-order valence-electron chi connectivity index (χ1n) is 8.73. The highest BCUT2D eigenvalue weighted by atomic mass is 35.5. The molecule has 1 saturated carbocycles. The number of nitrogens with two attached hydrogens (primary N) is 1. The standard InChI is InChI=1S/C19H23N3O2S2.ClH/c20-14-5-9-16(10-6-14)22-19(24)13-3-7-15(8-4-13)21-17(23)12-26-18-2-1-11-25-18;/h1-4,7-8,11,14,16H,5-6,9-10,12,20H2,(H,21,23)(H,22,24);1H. The summed E-state index contributed by atoms with van der Waals surface area (Å²) in [5, 5.41) is 7.92. The second kappa shape index (κ2) is 10.7. The van der Waals surface area contributed by atoms with Crippen molar-refractivity contribution in [2.45, 2.75) is 42.0 Å². The van der Waals surface area contributed by atoms with Gasteiger partial charge >= 0.3 is 0 Å². The first-order chi connectivity index (χ1) is 12.6. The first kappa shape index (κ1) is 21.8. The number of hydrogen-bond acceptors (Lipinski definition) is 5. The van der Waals surface area contributed by atoms with E-state index in [-0.39, 0.29) is 36.3 Å². The summed E-state index contributed by atoms with van der Waals surface area (Å²) in [7, 11) is 0. The van der Waals surface area contributed by atoms with E-state index in [0.717, 1.165) is 29.9 Å². The van der Waals surface area contributed by atoms with E-state index in [0.29, 0.717) is 17.0 Å². The largest absolute Gasteiger partial charge is 0.349 e. The quantitative estimate of drug-likeness (QED) is 0.613. The topological polar surface area (TPSA) is 84.2 Å². The molecule has 1 aliphatic carbocycles. The summed E-state index contributed by atoms with van der Waals surface area (Å²) in [4.78, 5) is 24.3. The van der Waals surface area contributed by atoms with Crippen LogP contribution in [0.3, 0.4) is 0 Å². The van der Waals surface area contributed by atoms with Gasteiger partial charge in [-0.1, -0.05) is 6.07 Å². The molecule has 0 aliphatic heterocycles. The normalized spacial score (nSPS) is 19.0. The van der Waals surface area contributed by atoms with Crippen molar-refractivity contribution in [3.63, 3.8) is 0 Å². The summed E-state index contributed by atoms with van der Waals surface area (Å²) in [5.41, 5.74) is 7.19. The molecule has 27 heavy (non-hydrogen) atoms. The molecule has 0 bridgehead atoms. The summed E-state index contributed by atoms with van der Waals surface area (Å²) in [6.07, 6.45) is 3.78. The van der Waals surface area contributed by atoms with Crippen molar-refractivity contribution in [2.75, 3.05) is 11.1 Å². The molecule has 1 fully saturated rings. The van der Waals surface area contributed by atoms with Crippen LogP contribution in [0.4, 0.5) is 5.69 Å². The zero-order valence-corrected chi connectivity index (χ0v) is 17.3. The SMILES string of the molecule is Cl.NC1CCC(NC(=O)c2ccc(NC(=O)CSc3cccs3)cc2)CC1. The van der Waals surface area contributed by atoms with Crippen LogP contribution >= 0.6 is 35.5 Å². The van der Waals surface area contributed by atoms with Gasteiger partial charge in [0.05, 0.1) is 9.96 Å². The van der Waals surface area contributed by atoms with E-state index in [9.17, 15) is 9.59 Å². The van der Waals surface area contributed by atoms with Crippen molar-refractivity contribution in [3.8, 4) is 0 Å². The smallest absolute Gasteiger partial charge is 0.251 e. The van der Waals surface area contributed by atoms with Crippen LogP contribution in [0.15, 0.2) is 46.0 Å². The molecule has 0 saturated heterocycles. The molecule has 8 heteroatoms.